The third-order valence-corrected chi connectivity index (χ3v) is 4.39. The highest BCUT2D eigenvalue weighted by Crippen LogP contribution is 2.37. The highest BCUT2D eigenvalue weighted by molar-refractivity contribution is 5.61. The number of alkyl halides is 3. The number of nitrogens with zero attached hydrogens (tertiary/aromatic N) is 2. The molecule has 0 spiro atoms. The summed E-state index contributed by atoms with van der Waals surface area (Å²) in [6, 6.07) is 3.65. The normalized spacial score (nSPS) is 22.2. The van der Waals surface area contributed by atoms with Gasteiger partial charge in [-0.1, -0.05) is 6.42 Å². The van der Waals surface area contributed by atoms with Crippen LogP contribution in [0.2, 0.25) is 0 Å². The van der Waals surface area contributed by atoms with Gasteiger partial charge in [0.05, 0.1) is 17.8 Å². The van der Waals surface area contributed by atoms with Gasteiger partial charge in [-0.15, -0.1) is 0 Å². The highest BCUT2D eigenvalue weighted by atomic mass is 19.4. The van der Waals surface area contributed by atoms with E-state index in [9.17, 15) is 13.2 Å². The summed E-state index contributed by atoms with van der Waals surface area (Å²) in [4.78, 5) is 4.08. The SMILES string of the molecule is FC(F)(F)[C@@H]1CCC[C@H](NCc2cn[nH]c2-c2cccnc2)C1. The maximum Gasteiger partial charge on any atom is 0.391 e. The zero-order chi connectivity index (χ0) is 16.3. The van der Waals surface area contributed by atoms with Gasteiger partial charge in [0.2, 0.25) is 0 Å². The molecule has 7 heteroatoms. The van der Waals surface area contributed by atoms with Crippen molar-refractivity contribution >= 4 is 0 Å². The van der Waals surface area contributed by atoms with Gasteiger partial charge in [-0.3, -0.25) is 10.1 Å². The second-order valence-electron chi connectivity index (χ2n) is 5.99. The quantitative estimate of drug-likeness (QED) is 0.902. The number of aromatic nitrogens is 3. The van der Waals surface area contributed by atoms with Crippen molar-refractivity contribution in [2.45, 2.75) is 44.4 Å². The average Bonchev–Trinajstić information content (AvgIpc) is 3.02. The summed E-state index contributed by atoms with van der Waals surface area (Å²) in [7, 11) is 0. The molecule has 0 bridgehead atoms. The van der Waals surface area contributed by atoms with Crippen molar-refractivity contribution in [3.05, 3.63) is 36.3 Å². The lowest BCUT2D eigenvalue weighted by Gasteiger charge is -2.31. The van der Waals surface area contributed by atoms with Gasteiger partial charge >= 0.3 is 6.18 Å². The summed E-state index contributed by atoms with van der Waals surface area (Å²) < 4.78 is 38.6. The Morgan fingerprint density at radius 2 is 2.13 bits per heavy atom. The maximum atomic E-state index is 12.9. The predicted molar refractivity (Wildman–Crippen MR) is 80.5 cm³/mol. The van der Waals surface area contributed by atoms with E-state index in [0.717, 1.165) is 23.2 Å². The molecule has 2 aromatic heterocycles. The van der Waals surface area contributed by atoms with Gasteiger partial charge in [0.1, 0.15) is 0 Å². The van der Waals surface area contributed by atoms with Gasteiger partial charge in [-0.25, -0.2) is 0 Å². The number of hydrogen-bond donors (Lipinski definition) is 2. The molecule has 1 saturated carbocycles. The topological polar surface area (TPSA) is 53.6 Å². The Morgan fingerprint density at radius 3 is 2.87 bits per heavy atom. The number of pyridine rings is 1. The first-order valence-corrected chi connectivity index (χ1v) is 7.77. The van der Waals surface area contributed by atoms with E-state index in [1.54, 1.807) is 18.6 Å². The average molecular weight is 324 g/mol. The molecular formula is C16H19F3N4. The van der Waals surface area contributed by atoms with E-state index in [-0.39, 0.29) is 18.9 Å². The smallest absolute Gasteiger partial charge is 0.310 e. The fourth-order valence-corrected chi connectivity index (χ4v) is 3.13. The molecule has 0 saturated heterocycles. The van der Waals surface area contributed by atoms with Crippen LogP contribution < -0.4 is 5.32 Å². The number of nitrogens with one attached hydrogen (secondary N) is 2. The Hall–Kier alpha value is -1.89. The Bertz CT molecular complexity index is 624. The molecule has 3 rings (SSSR count). The Balaban J connectivity index is 1.62. The van der Waals surface area contributed by atoms with Gasteiger partial charge < -0.3 is 5.32 Å². The Kier molecular flexibility index (Phi) is 4.66. The zero-order valence-corrected chi connectivity index (χ0v) is 12.6. The third kappa shape index (κ3) is 3.90. The van der Waals surface area contributed by atoms with Crippen LogP contribution in [0.15, 0.2) is 30.7 Å². The zero-order valence-electron chi connectivity index (χ0n) is 12.6. The van der Waals surface area contributed by atoms with E-state index in [4.69, 9.17) is 0 Å². The monoisotopic (exact) mass is 324 g/mol. The van der Waals surface area contributed by atoms with Gasteiger partial charge in [-0.2, -0.15) is 18.3 Å². The van der Waals surface area contributed by atoms with Gasteiger partial charge in [0.25, 0.3) is 0 Å². The molecule has 1 aliphatic carbocycles. The minimum absolute atomic E-state index is 0.105. The maximum absolute atomic E-state index is 12.9. The molecular weight excluding hydrogens is 305 g/mol. The first-order valence-electron chi connectivity index (χ1n) is 7.77. The lowest BCUT2D eigenvalue weighted by atomic mass is 9.85. The molecule has 2 atom stereocenters. The summed E-state index contributed by atoms with van der Waals surface area (Å²) in [5.74, 6) is -1.18. The van der Waals surface area contributed by atoms with Crippen LogP contribution >= 0.6 is 0 Å². The van der Waals surface area contributed by atoms with E-state index >= 15 is 0 Å². The summed E-state index contributed by atoms with van der Waals surface area (Å²) in [6.07, 6.45) is 2.85. The Morgan fingerprint density at radius 1 is 1.26 bits per heavy atom. The van der Waals surface area contributed by atoms with Crippen molar-refractivity contribution < 1.29 is 13.2 Å². The lowest BCUT2D eigenvalue weighted by molar-refractivity contribution is -0.183. The van der Waals surface area contributed by atoms with E-state index in [0.29, 0.717) is 13.0 Å². The second-order valence-corrected chi connectivity index (χ2v) is 5.99. The minimum atomic E-state index is -4.09. The molecule has 2 N–H and O–H groups in total. The molecule has 2 aromatic rings. The standard InChI is InChI=1S/C16H19F3N4/c17-16(18,19)13-4-1-5-14(7-13)21-9-12-10-22-23-15(12)11-3-2-6-20-8-11/h2-3,6,8,10,13-14,21H,1,4-5,7,9H2,(H,22,23)/t13-,14+/m1/s1. The first-order chi connectivity index (χ1) is 11.0. The van der Waals surface area contributed by atoms with Crippen molar-refractivity contribution in [3.8, 4) is 11.3 Å². The Labute approximate surface area is 132 Å². The van der Waals surface area contributed by atoms with Crippen molar-refractivity contribution in [1.82, 2.24) is 20.5 Å². The van der Waals surface area contributed by atoms with Crippen LogP contribution in [0, 0.1) is 5.92 Å². The molecule has 0 unspecified atom stereocenters. The lowest BCUT2D eigenvalue weighted by Crippen LogP contribution is -2.38. The fourth-order valence-electron chi connectivity index (χ4n) is 3.13. The molecule has 4 nitrogen and oxygen atoms in total. The summed E-state index contributed by atoms with van der Waals surface area (Å²) in [5.41, 5.74) is 2.71. The predicted octanol–water partition coefficient (Wildman–Crippen LogP) is 3.68. The first kappa shape index (κ1) is 16.0. The van der Waals surface area contributed by atoms with Crippen LogP contribution in [0.5, 0.6) is 0 Å². The second kappa shape index (κ2) is 6.70. The van der Waals surface area contributed by atoms with Crippen LogP contribution in [0.25, 0.3) is 11.3 Å². The number of halogens is 3. The van der Waals surface area contributed by atoms with E-state index in [1.807, 2.05) is 12.1 Å². The molecule has 0 aromatic carbocycles. The van der Waals surface area contributed by atoms with Crippen LogP contribution in [0.3, 0.4) is 0 Å². The molecule has 1 aliphatic rings. The summed E-state index contributed by atoms with van der Waals surface area (Å²) >= 11 is 0. The van der Waals surface area contributed by atoms with E-state index in [1.165, 1.54) is 0 Å². The van der Waals surface area contributed by atoms with E-state index < -0.39 is 12.1 Å². The van der Waals surface area contributed by atoms with E-state index in [2.05, 4.69) is 20.5 Å². The molecule has 0 aliphatic heterocycles. The number of hydrogen-bond acceptors (Lipinski definition) is 3. The van der Waals surface area contributed by atoms with Gasteiger partial charge in [-0.05, 0) is 31.4 Å². The van der Waals surface area contributed by atoms with Crippen molar-refractivity contribution in [2.75, 3.05) is 0 Å². The third-order valence-electron chi connectivity index (χ3n) is 4.39. The van der Waals surface area contributed by atoms with Gasteiger partial charge in [0, 0.05) is 36.1 Å². The highest BCUT2D eigenvalue weighted by Gasteiger charge is 2.42. The molecule has 0 radical (unpaired) electrons. The van der Waals surface area contributed by atoms with Gasteiger partial charge in [0.15, 0.2) is 0 Å². The molecule has 124 valence electrons. The minimum Gasteiger partial charge on any atom is -0.310 e. The molecule has 2 heterocycles. The van der Waals surface area contributed by atoms with Crippen molar-refractivity contribution in [2.24, 2.45) is 5.92 Å². The van der Waals surface area contributed by atoms with Crippen LogP contribution in [0.4, 0.5) is 13.2 Å². The largest absolute Gasteiger partial charge is 0.391 e. The number of aromatic amines is 1. The van der Waals surface area contributed by atoms with Crippen LogP contribution in [-0.2, 0) is 6.54 Å². The van der Waals surface area contributed by atoms with Crippen LogP contribution in [0.1, 0.15) is 31.2 Å². The molecule has 0 amide bonds. The molecule has 1 fully saturated rings. The fraction of sp³-hybridized carbons (Fsp3) is 0.500. The molecule has 23 heavy (non-hydrogen) atoms. The summed E-state index contributed by atoms with van der Waals surface area (Å²) in [5, 5.41) is 10.2. The van der Waals surface area contributed by atoms with Crippen molar-refractivity contribution in [1.29, 1.82) is 0 Å². The summed E-state index contributed by atoms with van der Waals surface area (Å²) in [6.45, 7) is 0.496. The number of H-pyrrole nitrogens is 1. The number of rotatable bonds is 4. The van der Waals surface area contributed by atoms with Crippen LogP contribution in [-0.4, -0.2) is 27.4 Å². The van der Waals surface area contributed by atoms with Crippen molar-refractivity contribution in [3.63, 3.8) is 0 Å².